The highest BCUT2D eigenvalue weighted by Crippen LogP contribution is 2.43. The normalized spacial score (nSPS) is 17.6. The van der Waals surface area contributed by atoms with Crippen LogP contribution in [0, 0.1) is 13.8 Å². The van der Waals surface area contributed by atoms with Gasteiger partial charge in [-0.3, -0.25) is 0 Å². The Labute approximate surface area is 252 Å². The van der Waals surface area contributed by atoms with Crippen LogP contribution in [0.15, 0.2) is 18.2 Å². The number of aromatic nitrogens is 2. The van der Waals surface area contributed by atoms with E-state index in [0.29, 0.717) is 26.1 Å². The molecule has 2 aromatic rings. The first-order valence-corrected chi connectivity index (χ1v) is 17.8. The van der Waals surface area contributed by atoms with E-state index < -0.39 is 13.9 Å². The Balaban J connectivity index is 1.77. The quantitative estimate of drug-likeness (QED) is 0.338. The van der Waals surface area contributed by atoms with Crippen LogP contribution in [-0.4, -0.2) is 67.7 Å². The van der Waals surface area contributed by atoms with E-state index in [4.69, 9.17) is 23.9 Å². The van der Waals surface area contributed by atoms with Crippen molar-refractivity contribution in [1.82, 2.24) is 14.9 Å². The molecule has 1 atom stereocenters. The summed E-state index contributed by atoms with van der Waals surface area (Å²) in [6.07, 6.45) is 3.01. The molecule has 2 aliphatic rings. The van der Waals surface area contributed by atoms with Crippen molar-refractivity contribution in [2.75, 3.05) is 37.4 Å². The largest absolute Gasteiger partial charge is 0.491 e. The lowest BCUT2D eigenvalue weighted by Crippen LogP contribution is -2.48. The van der Waals surface area contributed by atoms with Gasteiger partial charge in [0.05, 0.1) is 18.4 Å². The summed E-state index contributed by atoms with van der Waals surface area (Å²) >= 11 is 0. The first-order valence-electron chi connectivity index (χ1n) is 14.9. The van der Waals surface area contributed by atoms with Crippen LogP contribution in [0.5, 0.6) is 5.75 Å². The molecule has 0 saturated heterocycles. The highest BCUT2D eigenvalue weighted by Gasteiger charge is 2.41. The zero-order chi connectivity index (χ0) is 31.0. The van der Waals surface area contributed by atoms with E-state index in [-0.39, 0.29) is 17.2 Å². The van der Waals surface area contributed by atoms with Gasteiger partial charge in [-0.15, -0.1) is 0 Å². The van der Waals surface area contributed by atoms with E-state index in [9.17, 15) is 4.79 Å². The number of fused-ring (bicyclic) bond motifs is 1. The number of carbonyl (C=O) groups excluding carboxylic acids is 1. The fourth-order valence-corrected chi connectivity index (χ4v) is 6.41. The third-order valence-electron chi connectivity index (χ3n) is 8.21. The van der Waals surface area contributed by atoms with Gasteiger partial charge < -0.3 is 29.4 Å². The Morgan fingerprint density at radius 1 is 1.12 bits per heavy atom. The SMILES string of the molecule is CNc1cc(C)nc(Nc2nc3c(c(C4=CCN(C(=O)OC(C)(C)C)C[C@@H](O[Si](C)(C)C(C)(C)C)C4)c2C)OCC3)c1. The molecular formula is C32H49N5O4Si. The number of rotatable bonds is 6. The van der Waals surface area contributed by atoms with Gasteiger partial charge in [0.15, 0.2) is 8.32 Å². The highest BCUT2D eigenvalue weighted by molar-refractivity contribution is 6.74. The van der Waals surface area contributed by atoms with Crippen molar-refractivity contribution < 1.29 is 18.7 Å². The van der Waals surface area contributed by atoms with E-state index >= 15 is 0 Å². The van der Waals surface area contributed by atoms with Crippen LogP contribution in [0.2, 0.25) is 18.1 Å². The van der Waals surface area contributed by atoms with Crippen molar-refractivity contribution >= 4 is 37.3 Å². The van der Waals surface area contributed by atoms with Crippen LogP contribution in [0.1, 0.15) is 70.5 Å². The topological polar surface area (TPSA) is 97.8 Å². The first kappa shape index (κ1) is 31.8. The monoisotopic (exact) mass is 595 g/mol. The predicted molar refractivity (Wildman–Crippen MR) is 172 cm³/mol. The van der Waals surface area contributed by atoms with Gasteiger partial charge in [-0.2, -0.15) is 0 Å². The first-order chi connectivity index (χ1) is 19.5. The second-order valence-corrected chi connectivity index (χ2v) is 18.7. The molecule has 1 amide bonds. The minimum atomic E-state index is -2.14. The number of amides is 1. The van der Waals surface area contributed by atoms with Crippen molar-refractivity contribution in [3.8, 4) is 5.75 Å². The van der Waals surface area contributed by atoms with Crippen LogP contribution in [0.4, 0.5) is 22.1 Å². The van der Waals surface area contributed by atoms with Crippen LogP contribution >= 0.6 is 0 Å². The molecule has 2 aromatic heterocycles. The Hall–Kier alpha value is -3.11. The predicted octanol–water partition coefficient (Wildman–Crippen LogP) is 7.23. The van der Waals surface area contributed by atoms with E-state index in [1.165, 1.54) is 0 Å². The third-order valence-corrected chi connectivity index (χ3v) is 12.7. The fourth-order valence-electron chi connectivity index (χ4n) is 5.07. The van der Waals surface area contributed by atoms with Gasteiger partial charge >= 0.3 is 6.09 Å². The maximum absolute atomic E-state index is 13.3. The Morgan fingerprint density at radius 2 is 1.83 bits per heavy atom. The molecule has 4 rings (SSSR count). The number of hydrogen-bond acceptors (Lipinski definition) is 8. The number of nitrogens with zero attached hydrogens (tertiary/aromatic N) is 3. The van der Waals surface area contributed by atoms with Crippen LogP contribution in [0.25, 0.3) is 5.57 Å². The molecule has 0 fully saturated rings. The summed E-state index contributed by atoms with van der Waals surface area (Å²) in [5.41, 5.74) is 5.33. The Bertz CT molecular complexity index is 1360. The number of anilines is 3. The summed E-state index contributed by atoms with van der Waals surface area (Å²) in [7, 11) is -0.246. The minimum absolute atomic E-state index is 0.0287. The molecular weight excluding hydrogens is 546 g/mol. The van der Waals surface area contributed by atoms with Gasteiger partial charge in [-0.25, -0.2) is 14.8 Å². The number of carbonyl (C=O) groups is 1. The third kappa shape index (κ3) is 7.26. The maximum Gasteiger partial charge on any atom is 0.410 e. The minimum Gasteiger partial charge on any atom is -0.491 e. The fraction of sp³-hybridized carbons (Fsp3) is 0.594. The molecule has 0 aromatic carbocycles. The molecule has 0 bridgehead atoms. The van der Waals surface area contributed by atoms with Gasteiger partial charge in [-0.1, -0.05) is 26.8 Å². The molecule has 2 N–H and O–H groups in total. The van der Waals surface area contributed by atoms with E-state index in [0.717, 1.165) is 57.6 Å². The molecule has 2 aliphatic heterocycles. The summed E-state index contributed by atoms with van der Waals surface area (Å²) in [6, 6.07) is 3.98. The molecule has 10 heteroatoms. The highest BCUT2D eigenvalue weighted by atomic mass is 28.4. The molecule has 42 heavy (non-hydrogen) atoms. The van der Waals surface area contributed by atoms with Gasteiger partial charge in [0.25, 0.3) is 0 Å². The lowest BCUT2D eigenvalue weighted by atomic mass is 9.94. The average Bonchev–Trinajstić information content (AvgIpc) is 3.21. The summed E-state index contributed by atoms with van der Waals surface area (Å²) in [6.45, 7) is 22.4. The van der Waals surface area contributed by atoms with Crippen molar-refractivity contribution in [2.45, 2.75) is 98.1 Å². The molecule has 0 aliphatic carbocycles. The van der Waals surface area contributed by atoms with Gasteiger partial charge in [0, 0.05) is 55.1 Å². The number of nitrogens with one attached hydrogen (secondary N) is 2. The summed E-state index contributed by atoms with van der Waals surface area (Å²) in [5.74, 6) is 2.31. The summed E-state index contributed by atoms with van der Waals surface area (Å²) < 4.78 is 19.0. The maximum atomic E-state index is 13.3. The number of hydrogen-bond donors (Lipinski definition) is 2. The smallest absolute Gasteiger partial charge is 0.410 e. The van der Waals surface area contributed by atoms with Gasteiger partial charge in [0.2, 0.25) is 0 Å². The van der Waals surface area contributed by atoms with Crippen LogP contribution in [0.3, 0.4) is 0 Å². The molecule has 4 heterocycles. The average molecular weight is 596 g/mol. The molecule has 9 nitrogen and oxygen atoms in total. The molecule has 0 saturated carbocycles. The lowest BCUT2D eigenvalue weighted by Gasteiger charge is -2.40. The molecule has 230 valence electrons. The number of ether oxygens (including phenoxy) is 2. The lowest BCUT2D eigenvalue weighted by molar-refractivity contribution is 0.0196. The number of aryl methyl sites for hydroxylation is 1. The van der Waals surface area contributed by atoms with Gasteiger partial charge in [-0.05, 0) is 70.8 Å². The van der Waals surface area contributed by atoms with Crippen molar-refractivity contribution in [1.29, 1.82) is 0 Å². The zero-order valence-corrected chi connectivity index (χ0v) is 28.3. The Kier molecular flexibility index (Phi) is 9.00. The van der Waals surface area contributed by atoms with Crippen LogP contribution in [-0.2, 0) is 15.6 Å². The second kappa shape index (κ2) is 11.9. The second-order valence-electron chi connectivity index (χ2n) is 13.9. The van der Waals surface area contributed by atoms with Crippen LogP contribution < -0.4 is 15.4 Å². The van der Waals surface area contributed by atoms with E-state index in [1.54, 1.807) is 4.90 Å². The molecule has 0 unspecified atom stereocenters. The summed E-state index contributed by atoms with van der Waals surface area (Å²) in [5, 5.41) is 6.71. The van der Waals surface area contributed by atoms with Crippen molar-refractivity contribution in [3.05, 3.63) is 40.7 Å². The number of pyridine rings is 2. The van der Waals surface area contributed by atoms with Crippen molar-refractivity contribution in [2.24, 2.45) is 0 Å². The van der Waals surface area contributed by atoms with E-state index in [1.807, 2.05) is 46.9 Å². The van der Waals surface area contributed by atoms with Gasteiger partial charge in [0.1, 0.15) is 23.0 Å². The standard InChI is InChI=1S/C32H49N5O4Si/c1-20-16-23(33-9)18-26(34-20)36-29-21(2)27(28-25(35-29)13-15-39-28)22-12-14-37(30(38)40-31(3,4)5)19-24(17-22)41-42(10,11)32(6,7)8/h12,16,18,24H,13-15,17,19H2,1-11H3,(H2,33,34,35,36)/t24-/m0/s1. The summed E-state index contributed by atoms with van der Waals surface area (Å²) in [4.78, 5) is 24.7. The molecule has 0 radical (unpaired) electrons. The van der Waals surface area contributed by atoms with Crippen molar-refractivity contribution in [3.63, 3.8) is 0 Å². The molecule has 0 spiro atoms. The Morgan fingerprint density at radius 3 is 2.48 bits per heavy atom. The zero-order valence-electron chi connectivity index (χ0n) is 27.3. The van der Waals surface area contributed by atoms with E-state index in [2.05, 4.69) is 57.5 Å².